The summed E-state index contributed by atoms with van der Waals surface area (Å²) in [6.07, 6.45) is 1.76. The van der Waals surface area contributed by atoms with Gasteiger partial charge in [0, 0.05) is 25.9 Å². The quantitative estimate of drug-likeness (QED) is 0.551. The van der Waals surface area contributed by atoms with Gasteiger partial charge >= 0.3 is 0 Å². The summed E-state index contributed by atoms with van der Waals surface area (Å²) in [5.74, 6) is 1.62. The maximum Gasteiger partial charge on any atom is 0.157 e. The van der Waals surface area contributed by atoms with Gasteiger partial charge in [0.1, 0.15) is 11.5 Å². The van der Waals surface area contributed by atoms with Crippen LogP contribution in [0.4, 0.5) is 0 Å². The number of imidazole rings is 1. The van der Waals surface area contributed by atoms with Crippen LogP contribution in [-0.2, 0) is 0 Å². The Labute approximate surface area is 116 Å². The largest absolute Gasteiger partial charge is 0.373 e. The van der Waals surface area contributed by atoms with Crippen LogP contribution in [0.3, 0.4) is 0 Å². The van der Waals surface area contributed by atoms with Crippen LogP contribution in [-0.4, -0.2) is 34.9 Å². The minimum absolute atomic E-state index is 0.775. The maximum atomic E-state index is 4.56. The molecule has 0 aliphatic carbocycles. The summed E-state index contributed by atoms with van der Waals surface area (Å²) in [7, 11) is 3.63. The van der Waals surface area contributed by atoms with Crippen molar-refractivity contribution >= 4 is 16.9 Å². The molecule has 3 aromatic rings. The molecule has 3 rings (SSSR count). The fourth-order valence-electron chi connectivity index (χ4n) is 2.17. The van der Waals surface area contributed by atoms with E-state index in [2.05, 4.69) is 25.3 Å². The first-order valence-corrected chi connectivity index (χ1v) is 6.38. The monoisotopic (exact) mass is 265 g/mol. The van der Waals surface area contributed by atoms with Crippen molar-refractivity contribution in [3.63, 3.8) is 0 Å². The summed E-state index contributed by atoms with van der Waals surface area (Å²) in [6.45, 7) is 0. The molecule has 0 aliphatic heterocycles. The summed E-state index contributed by atoms with van der Waals surface area (Å²) >= 11 is 0. The molecule has 5 heteroatoms. The molecule has 0 amide bonds. The van der Waals surface area contributed by atoms with Crippen LogP contribution >= 0.6 is 0 Å². The van der Waals surface area contributed by atoms with Gasteiger partial charge in [0.2, 0.25) is 0 Å². The third-order valence-corrected chi connectivity index (χ3v) is 3.12. The number of fused-ring (bicyclic) bond motifs is 1. The topological polar surface area (TPSA) is 66.0 Å². The van der Waals surface area contributed by atoms with Crippen molar-refractivity contribution in [2.75, 3.05) is 14.1 Å². The predicted molar refractivity (Wildman–Crippen MR) is 80.8 cm³/mol. The zero-order chi connectivity index (χ0) is 13.9. The molecule has 0 spiro atoms. The number of hydrogen-bond acceptors (Lipinski definition) is 3. The lowest BCUT2D eigenvalue weighted by Gasteiger charge is -2.03. The van der Waals surface area contributed by atoms with Gasteiger partial charge in [-0.25, -0.2) is 4.98 Å². The first kappa shape index (κ1) is 12.3. The van der Waals surface area contributed by atoms with Gasteiger partial charge in [0.25, 0.3) is 0 Å². The van der Waals surface area contributed by atoms with Crippen LogP contribution in [0.15, 0.2) is 47.6 Å². The molecule has 0 saturated carbocycles. The third-order valence-electron chi connectivity index (χ3n) is 3.12. The van der Waals surface area contributed by atoms with E-state index in [9.17, 15) is 0 Å². The molecule has 100 valence electrons. The van der Waals surface area contributed by atoms with Gasteiger partial charge in [0.05, 0.1) is 11.0 Å². The Morgan fingerprint density at radius 3 is 2.85 bits per heavy atom. The highest BCUT2D eigenvalue weighted by Crippen LogP contribution is 2.19. The summed E-state index contributed by atoms with van der Waals surface area (Å²) < 4.78 is 0. The molecular formula is C15H15N5. The van der Waals surface area contributed by atoms with E-state index in [1.165, 1.54) is 0 Å². The molecule has 20 heavy (non-hydrogen) atoms. The number of amidine groups is 1. The molecule has 5 nitrogen and oxygen atoms in total. The molecule has 0 aliphatic rings. The first-order chi connectivity index (χ1) is 9.81. The highest BCUT2D eigenvalue weighted by molar-refractivity contribution is 6.01. The molecule has 0 radical (unpaired) electrons. The number of aliphatic imine (C=N–C) groups is 1. The Hall–Kier alpha value is -2.69. The molecule has 2 N–H and O–H groups in total. The number of hydrogen-bond donors (Lipinski definition) is 2. The number of benzene rings is 1. The molecular weight excluding hydrogens is 250 g/mol. The van der Waals surface area contributed by atoms with E-state index in [0.717, 1.165) is 34.0 Å². The van der Waals surface area contributed by atoms with Crippen molar-refractivity contribution in [3.8, 4) is 11.5 Å². The van der Waals surface area contributed by atoms with Gasteiger partial charge in [-0.05, 0) is 30.3 Å². The average Bonchev–Trinajstić information content (AvgIpc) is 2.93. The van der Waals surface area contributed by atoms with E-state index < -0.39 is 0 Å². The summed E-state index contributed by atoms with van der Waals surface area (Å²) in [4.78, 5) is 16.4. The Morgan fingerprint density at radius 2 is 2.15 bits per heavy atom. The average molecular weight is 265 g/mol. The van der Waals surface area contributed by atoms with Crippen molar-refractivity contribution in [3.05, 3.63) is 48.2 Å². The fourth-order valence-corrected chi connectivity index (χ4v) is 2.17. The number of rotatable bonds is 2. The first-order valence-electron chi connectivity index (χ1n) is 6.38. The van der Waals surface area contributed by atoms with E-state index in [1.807, 2.05) is 43.4 Å². The van der Waals surface area contributed by atoms with Gasteiger partial charge in [-0.1, -0.05) is 6.07 Å². The molecule has 1 aromatic carbocycles. The van der Waals surface area contributed by atoms with Crippen LogP contribution in [0.5, 0.6) is 0 Å². The Balaban J connectivity index is 2.08. The Kier molecular flexibility index (Phi) is 3.16. The van der Waals surface area contributed by atoms with E-state index in [-0.39, 0.29) is 0 Å². The van der Waals surface area contributed by atoms with E-state index in [1.54, 1.807) is 13.2 Å². The van der Waals surface area contributed by atoms with Crippen molar-refractivity contribution < 1.29 is 0 Å². The van der Waals surface area contributed by atoms with Gasteiger partial charge in [-0.15, -0.1) is 0 Å². The van der Waals surface area contributed by atoms with E-state index >= 15 is 0 Å². The summed E-state index contributed by atoms with van der Waals surface area (Å²) in [5.41, 5.74) is 3.75. The maximum absolute atomic E-state index is 4.56. The number of nitrogens with zero attached hydrogens (tertiary/aromatic N) is 3. The molecule has 0 bridgehead atoms. The van der Waals surface area contributed by atoms with Crippen LogP contribution < -0.4 is 5.32 Å². The van der Waals surface area contributed by atoms with Crippen molar-refractivity contribution in [1.29, 1.82) is 0 Å². The number of nitrogens with one attached hydrogen (secondary N) is 2. The minimum atomic E-state index is 0.775. The van der Waals surface area contributed by atoms with Crippen molar-refractivity contribution in [2.24, 2.45) is 4.99 Å². The lowest BCUT2D eigenvalue weighted by atomic mass is 10.2. The lowest BCUT2D eigenvalue weighted by Crippen LogP contribution is -2.19. The zero-order valence-corrected chi connectivity index (χ0v) is 11.4. The van der Waals surface area contributed by atoms with Gasteiger partial charge in [-0.3, -0.25) is 9.98 Å². The highest BCUT2D eigenvalue weighted by atomic mass is 15.0. The summed E-state index contributed by atoms with van der Waals surface area (Å²) in [6, 6.07) is 11.8. The molecule has 0 saturated heterocycles. The summed E-state index contributed by atoms with van der Waals surface area (Å²) in [5, 5.41) is 3.07. The lowest BCUT2D eigenvalue weighted by molar-refractivity contribution is 1.15. The molecule has 2 heterocycles. The van der Waals surface area contributed by atoms with Crippen LogP contribution in [0.1, 0.15) is 5.56 Å². The number of pyridine rings is 1. The molecule has 0 atom stereocenters. The smallest absolute Gasteiger partial charge is 0.157 e. The zero-order valence-electron chi connectivity index (χ0n) is 11.4. The third kappa shape index (κ3) is 2.14. The second kappa shape index (κ2) is 5.13. The van der Waals surface area contributed by atoms with Crippen molar-refractivity contribution in [2.45, 2.75) is 0 Å². The molecule has 2 aromatic heterocycles. The van der Waals surface area contributed by atoms with Gasteiger partial charge < -0.3 is 10.3 Å². The second-order valence-electron chi connectivity index (χ2n) is 4.35. The Bertz CT molecular complexity index is 758. The molecule has 0 fully saturated rings. The van der Waals surface area contributed by atoms with Gasteiger partial charge in [-0.2, -0.15) is 0 Å². The number of aromatic amines is 1. The van der Waals surface area contributed by atoms with Gasteiger partial charge in [0.15, 0.2) is 5.82 Å². The van der Waals surface area contributed by atoms with Crippen LogP contribution in [0.2, 0.25) is 0 Å². The van der Waals surface area contributed by atoms with Crippen LogP contribution in [0.25, 0.3) is 22.6 Å². The minimum Gasteiger partial charge on any atom is -0.373 e. The Morgan fingerprint density at radius 1 is 1.25 bits per heavy atom. The molecule has 0 unspecified atom stereocenters. The highest BCUT2D eigenvalue weighted by Gasteiger charge is 2.08. The normalized spacial score (nSPS) is 11.8. The number of aromatic nitrogens is 3. The van der Waals surface area contributed by atoms with Crippen molar-refractivity contribution in [1.82, 2.24) is 20.3 Å². The second-order valence-corrected chi connectivity index (χ2v) is 4.35. The van der Waals surface area contributed by atoms with E-state index in [0.29, 0.717) is 0 Å². The fraction of sp³-hybridized carbons (Fsp3) is 0.133. The SMILES string of the molecule is CN=C(NC)c1ccc2nc(-c3ccccn3)[nH]c2c1. The number of H-pyrrole nitrogens is 1. The van der Waals surface area contributed by atoms with Crippen LogP contribution in [0, 0.1) is 0 Å². The predicted octanol–water partition coefficient (Wildman–Crippen LogP) is 2.22. The standard InChI is InChI=1S/C15H15N5/c1-16-14(17-2)10-6-7-11-13(9-10)20-15(19-11)12-5-3-4-8-18-12/h3-9H,1-2H3,(H,16,17)(H,19,20). The van der Waals surface area contributed by atoms with E-state index in [4.69, 9.17) is 0 Å².